The van der Waals surface area contributed by atoms with E-state index in [0.717, 1.165) is 18.3 Å². The Labute approximate surface area is 70.8 Å². The smallest absolute Gasteiger partial charge is 0.0433 e. The highest BCUT2D eigenvalue weighted by atomic mass is 16.3. The Kier molecular flexibility index (Phi) is 5.57. The first-order valence-electron chi connectivity index (χ1n) is 4.74. The van der Waals surface area contributed by atoms with Crippen molar-refractivity contribution < 1.29 is 5.11 Å². The van der Waals surface area contributed by atoms with Gasteiger partial charge in [0, 0.05) is 6.61 Å². The highest BCUT2D eigenvalue weighted by molar-refractivity contribution is 4.67. The normalized spacial score (nSPS) is 16.9. The molecule has 0 aliphatic rings. The van der Waals surface area contributed by atoms with Crippen LogP contribution in [0.25, 0.3) is 0 Å². The number of aliphatic hydroxyl groups is 1. The van der Waals surface area contributed by atoms with E-state index < -0.39 is 0 Å². The van der Waals surface area contributed by atoms with Crippen molar-refractivity contribution in [3.05, 3.63) is 0 Å². The Morgan fingerprint density at radius 1 is 1.18 bits per heavy atom. The van der Waals surface area contributed by atoms with Crippen LogP contribution in [0.1, 0.15) is 40.5 Å². The molecule has 2 unspecified atom stereocenters. The molecule has 0 aliphatic heterocycles. The molecule has 0 heterocycles. The van der Waals surface area contributed by atoms with Crippen LogP contribution in [-0.2, 0) is 0 Å². The summed E-state index contributed by atoms with van der Waals surface area (Å²) in [4.78, 5) is 0. The second kappa shape index (κ2) is 5.59. The van der Waals surface area contributed by atoms with Gasteiger partial charge in [0.1, 0.15) is 0 Å². The third-order valence-corrected chi connectivity index (χ3v) is 2.64. The van der Waals surface area contributed by atoms with Gasteiger partial charge in [0.15, 0.2) is 0 Å². The van der Waals surface area contributed by atoms with Crippen LogP contribution >= 0.6 is 0 Å². The van der Waals surface area contributed by atoms with Crippen molar-refractivity contribution in [2.24, 2.45) is 17.8 Å². The summed E-state index contributed by atoms with van der Waals surface area (Å²) in [5.74, 6) is 2.20. The average molecular weight is 158 g/mol. The molecule has 68 valence electrons. The van der Waals surface area contributed by atoms with Crippen molar-refractivity contribution in [2.45, 2.75) is 40.5 Å². The van der Waals surface area contributed by atoms with E-state index in [4.69, 9.17) is 5.11 Å². The summed E-state index contributed by atoms with van der Waals surface area (Å²) in [6.07, 6.45) is 2.19. The summed E-state index contributed by atoms with van der Waals surface area (Å²) >= 11 is 0. The highest BCUT2D eigenvalue weighted by Gasteiger charge is 2.17. The van der Waals surface area contributed by atoms with Crippen molar-refractivity contribution in [1.82, 2.24) is 0 Å². The van der Waals surface area contributed by atoms with E-state index in [1.807, 2.05) is 0 Å². The maximum Gasteiger partial charge on any atom is 0.0433 e. The summed E-state index contributed by atoms with van der Waals surface area (Å²) in [5, 5.41) is 8.76. The van der Waals surface area contributed by atoms with Crippen molar-refractivity contribution >= 4 is 0 Å². The number of hydrogen-bond acceptors (Lipinski definition) is 1. The lowest BCUT2D eigenvalue weighted by Gasteiger charge is -2.25. The Morgan fingerprint density at radius 2 is 1.73 bits per heavy atom. The van der Waals surface area contributed by atoms with Crippen LogP contribution in [-0.4, -0.2) is 11.7 Å². The quantitative estimate of drug-likeness (QED) is 0.652. The van der Waals surface area contributed by atoms with Crippen LogP contribution in [0, 0.1) is 17.8 Å². The van der Waals surface area contributed by atoms with E-state index >= 15 is 0 Å². The van der Waals surface area contributed by atoms with E-state index in [9.17, 15) is 0 Å². The third kappa shape index (κ3) is 3.76. The first kappa shape index (κ1) is 11.0. The molecule has 0 rings (SSSR count). The lowest BCUT2D eigenvalue weighted by molar-refractivity contribution is 0.195. The van der Waals surface area contributed by atoms with Gasteiger partial charge < -0.3 is 5.11 Å². The second-order valence-electron chi connectivity index (χ2n) is 3.81. The molecule has 1 heteroatoms. The highest BCUT2D eigenvalue weighted by Crippen LogP contribution is 2.25. The minimum absolute atomic E-state index is 0.338. The molecular formula is C10H22O. The summed E-state index contributed by atoms with van der Waals surface area (Å²) < 4.78 is 0. The molecule has 0 aromatic carbocycles. The first-order chi connectivity index (χ1) is 5.13. The van der Waals surface area contributed by atoms with Crippen molar-refractivity contribution in [2.75, 3.05) is 6.61 Å². The molecule has 0 radical (unpaired) electrons. The SMILES string of the molecule is CCC(C(C)C)C(C)CCO. The van der Waals surface area contributed by atoms with Crippen LogP contribution in [0.15, 0.2) is 0 Å². The predicted molar refractivity (Wildman–Crippen MR) is 49.5 cm³/mol. The van der Waals surface area contributed by atoms with Gasteiger partial charge in [-0.15, -0.1) is 0 Å². The van der Waals surface area contributed by atoms with E-state index in [1.165, 1.54) is 6.42 Å². The fourth-order valence-electron chi connectivity index (χ4n) is 1.95. The summed E-state index contributed by atoms with van der Waals surface area (Å²) in [7, 11) is 0. The van der Waals surface area contributed by atoms with Gasteiger partial charge in [-0.2, -0.15) is 0 Å². The molecule has 0 saturated carbocycles. The molecule has 1 nitrogen and oxygen atoms in total. The lowest BCUT2D eigenvalue weighted by atomic mass is 9.81. The second-order valence-corrected chi connectivity index (χ2v) is 3.81. The molecule has 0 spiro atoms. The largest absolute Gasteiger partial charge is 0.396 e. The zero-order chi connectivity index (χ0) is 8.85. The lowest BCUT2D eigenvalue weighted by Crippen LogP contribution is -2.17. The molecule has 0 fully saturated rings. The number of aliphatic hydroxyl groups excluding tert-OH is 1. The van der Waals surface area contributed by atoms with Gasteiger partial charge >= 0.3 is 0 Å². The molecule has 0 aliphatic carbocycles. The Hall–Kier alpha value is -0.0400. The minimum atomic E-state index is 0.338. The van der Waals surface area contributed by atoms with Crippen LogP contribution in [0.2, 0.25) is 0 Å². The molecular weight excluding hydrogens is 136 g/mol. The van der Waals surface area contributed by atoms with E-state index in [2.05, 4.69) is 27.7 Å². The maximum atomic E-state index is 8.76. The van der Waals surface area contributed by atoms with Gasteiger partial charge in [0.25, 0.3) is 0 Å². The molecule has 2 atom stereocenters. The number of rotatable bonds is 5. The molecule has 1 N–H and O–H groups in total. The predicted octanol–water partition coefficient (Wildman–Crippen LogP) is 2.69. The fourth-order valence-corrected chi connectivity index (χ4v) is 1.95. The first-order valence-corrected chi connectivity index (χ1v) is 4.74. The Morgan fingerprint density at radius 3 is 2.00 bits per heavy atom. The van der Waals surface area contributed by atoms with Gasteiger partial charge in [0.2, 0.25) is 0 Å². The van der Waals surface area contributed by atoms with E-state index in [0.29, 0.717) is 12.5 Å². The van der Waals surface area contributed by atoms with Gasteiger partial charge in [0.05, 0.1) is 0 Å². The summed E-state index contributed by atoms with van der Waals surface area (Å²) in [6.45, 7) is 9.34. The zero-order valence-electron chi connectivity index (χ0n) is 8.30. The van der Waals surface area contributed by atoms with Gasteiger partial charge in [-0.3, -0.25) is 0 Å². The average Bonchev–Trinajstić information content (AvgIpc) is 1.88. The van der Waals surface area contributed by atoms with Crippen LogP contribution in [0.5, 0.6) is 0 Å². The fraction of sp³-hybridized carbons (Fsp3) is 1.00. The van der Waals surface area contributed by atoms with Crippen LogP contribution < -0.4 is 0 Å². The third-order valence-electron chi connectivity index (χ3n) is 2.64. The molecule has 0 saturated heterocycles. The standard InChI is InChI=1S/C10H22O/c1-5-10(8(2)3)9(4)6-7-11/h8-11H,5-7H2,1-4H3. The molecule has 0 amide bonds. The molecule has 0 aromatic rings. The molecule has 0 bridgehead atoms. The molecule has 0 aromatic heterocycles. The van der Waals surface area contributed by atoms with Crippen LogP contribution in [0.4, 0.5) is 0 Å². The van der Waals surface area contributed by atoms with E-state index in [1.54, 1.807) is 0 Å². The van der Waals surface area contributed by atoms with Crippen molar-refractivity contribution in [1.29, 1.82) is 0 Å². The topological polar surface area (TPSA) is 20.2 Å². The summed E-state index contributed by atoms with van der Waals surface area (Å²) in [5.41, 5.74) is 0. The van der Waals surface area contributed by atoms with Gasteiger partial charge in [-0.1, -0.05) is 34.1 Å². The van der Waals surface area contributed by atoms with E-state index in [-0.39, 0.29) is 0 Å². The van der Waals surface area contributed by atoms with Crippen LogP contribution in [0.3, 0.4) is 0 Å². The molecule has 11 heavy (non-hydrogen) atoms. The minimum Gasteiger partial charge on any atom is -0.396 e. The Bertz CT molecular complexity index is 88.9. The van der Waals surface area contributed by atoms with Crippen molar-refractivity contribution in [3.8, 4) is 0 Å². The zero-order valence-corrected chi connectivity index (χ0v) is 8.30. The van der Waals surface area contributed by atoms with Crippen molar-refractivity contribution in [3.63, 3.8) is 0 Å². The maximum absolute atomic E-state index is 8.76. The Balaban J connectivity index is 3.81. The van der Waals surface area contributed by atoms with Gasteiger partial charge in [-0.05, 0) is 24.2 Å². The van der Waals surface area contributed by atoms with Gasteiger partial charge in [-0.25, -0.2) is 0 Å². The number of hydrogen-bond donors (Lipinski definition) is 1. The monoisotopic (exact) mass is 158 g/mol. The summed E-state index contributed by atoms with van der Waals surface area (Å²) in [6, 6.07) is 0.